The molecule has 0 fully saturated rings. The second kappa shape index (κ2) is 6.29. The van der Waals surface area contributed by atoms with E-state index >= 15 is 0 Å². The van der Waals surface area contributed by atoms with Crippen molar-refractivity contribution in [2.24, 2.45) is 11.7 Å². The first-order valence-electron chi connectivity index (χ1n) is 5.95. The van der Waals surface area contributed by atoms with Crippen molar-refractivity contribution in [2.75, 3.05) is 10.6 Å². The lowest BCUT2D eigenvalue weighted by molar-refractivity contribution is -0.118. The van der Waals surface area contributed by atoms with Crippen LogP contribution in [0.15, 0.2) is 18.2 Å². The second-order valence-electron chi connectivity index (χ2n) is 4.63. The minimum atomic E-state index is -0.719. The van der Waals surface area contributed by atoms with Crippen LogP contribution in [-0.4, -0.2) is 17.9 Å². The highest BCUT2D eigenvalue weighted by atomic mass is 19.1. The summed E-state index contributed by atoms with van der Waals surface area (Å²) < 4.78 is 13.6. The Morgan fingerprint density at radius 1 is 1.26 bits per heavy atom. The van der Waals surface area contributed by atoms with Gasteiger partial charge in [-0.3, -0.25) is 9.59 Å². The van der Waals surface area contributed by atoms with Crippen LogP contribution in [0.1, 0.15) is 20.8 Å². The smallest absolute Gasteiger partial charge is 0.241 e. The fourth-order valence-electron chi connectivity index (χ4n) is 1.42. The van der Waals surface area contributed by atoms with Crippen molar-refractivity contribution in [1.29, 1.82) is 0 Å². The number of carbonyl (C=O) groups excluding carboxylic acids is 2. The van der Waals surface area contributed by atoms with Crippen LogP contribution < -0.4 is 16.4 Å². The highest BCUT2D eigenvalue weighted by Crippen LogP contribution is 2.20. The molecule has 4 N–H and O–H groups in total. The summed E-state index contributed by atoms with van der Waals surface area (Å²) in [7, 11) is 0. The fourth-order valence-corrected chi connectivity index (χ4v) is 1.42. The quantitative estimate of drug-likeness (QED) is 0.776. The van der Waals surface area contributed by atoms with Crippen LogP contribution in [0.3, 0.4) is 0 Å². The van der Waals surface area contributed by atoms with Crippen molar-refractivity contribution >= 4 is 23.2 Å². The summed E-state index contributed by atoms with van der Waals surface area (Å²) in [6.45, 7) is 4.94. The van der Waals surface area contributed by atoms with E-state index in [9.17, 15) is 14.0 Å². The monoisotopic (exact) mass is 267 g/mol. The van der Waals surface area contributed by atoms with Gasteiger partial charge < -0.3 is 16.4 Å². The number of halogens is 1. The predicted octanol–water partition coefficient (Wildman–Crippen LogP) is 1.71. The van der Waals surface area contributed by atoms with Gasteiger partial charge in [-0.05, 0) is 24.1 Å². The number of nitrogens with two attached hydrogens (primary N) is 1. The predicted molar refractivity (Wildman–Crippen MR) is 72.1 cm³/mol. The largest absolute Gasteiger partial charge is 0.326 e. The van der Waals surface area contributed by atoms with Gasteiger partial charge in [-0.1, -0.05) is 13.8 Å². The molecule has 1 aromatic rings. The van der Waals surface area contributed by atoms with E-state index in [1.54, 1.807) is 13.8 Å². The first-order valence-corrected chi connectivity index (χ1v) is 5.95. The average Bonchev–Trinajstić information content (AvgIpc) is 2.31. The van der Waals surface area contributed by atoms with Crippen molar-refractivity contribution < 1.29 is 14.0 Å². The number of hydrogen-bond acceptors (Lipinski definition) is 3. The molecule has 19 heavy (non-hydrogen) atoms. The van der Waals surface area contributed by atoms with Crippen LogP contribution >= 0.6 is 0 Å². The third-order valence-electron chi connectivity index (χ3n) is 2.57. The maximum absolute atomic E-state index is 13.6. The highest BCUT2D eigenvalue weighted by molar-refractivity contribution is 5.96. The molecule has 0 heterocycles. The molecule has 5 nitrogen and oxygen atoms in total. The van der Waals surface area contributed by atoms with Crippen molar-refractivity contribution in [3.05, 3.63) is 24.0 Å². The van der Waals surface area contributed by atoms with E-state index in [1.165, 1.54) is 25.1 Å². The van der Waals surface area contributed by atoms with Gasteiger partial charge in [0.05, 0.1) is 11.7 Å². The number of benzene rings is 1. The Kier molecular flexibility index (Phi) is 5.00. The zero-order valence-electron chi connectivity index (χ0n) is 11.2. The molecule has 0 aromatic heterocycles. The fraction of sp³-hybridized carbons (Fsp3) is 0.385. The molecule has 1 aromatic carbocycles. The van der Waals surface area contributed by atoms with Gasteiger partial charge in [0.25, 0.3) is 0 Å². The van der Waals surface area contributed by atoms with Gasteiger partial charge in [0.2, 0.25) is 11.8 Å². The summed E-state index contributed by atoms with van der Waals surface area (Å²) in [5.41, 5.74) is 6.07. The number of rotatable bonds is 4. The summed E-state index contributed by atoms with van der Waals surface area (Å²) in [4.78, 5) is 22.7. The van der Waals surface area contributed by atoms with Crippen LogP contribution in [0.25, 0.3) is 0 Å². The van der Waals surface area contributed by atoms with Crippen LogP contribution in [-0.2, 0) is 9.59 Å². The van der Waals surface area contributed by atoms with Crippen LogP contribution in [0.2, 0.25) is 0 Å². The first-order chi connectivity index (χ1) is 8.81. The van der Waals surface area contributed by atoms with E-state index in [0.29, 0.717) is 5.69 Å². The van der Waals surface area contributed by atoms with E-state index in [4.69, 9.17) is 5.73 Å². The number of nitrogens with one attached hydrogen (secondary N) is 2. The Labute approximate surface area is 111 Å². The molecule has 1 unspecified atom stereocenters. The Bertz CT molecular complexity index is 489. The van der Waals surface area contributed by atoms with Crippen LogP contribution in [0.5, 0.6) is 0 Å². The lowest BCUT2D eigenvalue weighted by Crippen LogP contribution is -2.39. The molecular weight excluding hydrogens is 249 g/mol. The Hall–Kier alpha value is -1.95. The molecule has 2 amide bonds. The zero-order valence-corrected chi connectivity index (χ0v) is 11.2. The van der Waals surface area contributed by atoms with Crippen molar-refractivity contribution in [2.45, 2.75) is 26.8 Å². The third kappa shape index (κ3) is 4.33. The Morgan fingerprint density at radius 2 is 1.89 bits per heavy atom. The second-order valence-corrected chi connectivity index (χ2v) is 4.63. The number of carbonyl (C=O) groups is 2. The normalized spacial score (nSPS) is 12.1. The van der Waals surface area contributed by atoms with Gasteiger partial charge in [0.1, 0.15) is 5.82 Å². The summed E-state index contributed by atoms with van der Waals surface area (Å²) >= 11 is 0. The summed E-state index contributed by atoms with van der Waals surface area (Å²) in [5, 5.41) is 4.92. The standard InChI is InChI=1S/C13H18FN3O2/c1-7(2)12(15)13(19)17-11-6-9(16-8(3)18)4-5-10(11)14/h4-7,12H,15H2,1-3H3,(H,16,18)(H,17,19). The van der Waals surface area contributed by atoms with E-state index in [0.717, 1.165) is 0 Å². The minimum Gasteiger partial charge on any atom is -0.326 e. The van der Waals surface area contributed by atoms with Gasteiger partial charge >= 0.3 is 0 Å². The van der Waals surface area contributed by atoms with Gasteiger partial charge in [0, 0.05) is 12.6 Å². The van der Waals surface area contributed by atoms with Gasteiger partial charge in [-0.2, -0.15) is 0 Å². The average molecular weight is 267 g/mol. The van der Waals surface area contributed by atoms with E-state index < -0.39 is 17.8 Å². The number of hydrogen-bond donors (Lipinski definition) is 3. The molecule has 0 aliphatic heterocycles. The molecule has 0 aliphatic carbocycles. The van der Waals surface area contributed by atoms with Gasteiger partial charge in [-0.25, -0.2) is 4.39 Å². The SMILES string of the molecule is CC(=O)Nc1ccc(F)c(NC(=O)C(N)C(C)C)c1. The van der Waals surface area contributed by atoms with Crippen molar-refractivity contribution in [3.63, 3.8) is 0 Å². The molecule has 104 valence electrons. The van der Waals surface area contributed by atoms with E-state index in [2.05, 4.69) is 10.6 Å². The van der Waals surface area contributed by atoms with Crippen molar-refractivity contribution in [1.82, 2.24) is 0 Å². The summed E-state index contributed by atoms with van der Waals surface area (Å²) in [6, 6.07) is 3.21. The van der Waals surface area contributed by atoms with E-state index in [1.807, 2.05) is 0 Å². The van der Waals surface area contributed by atoms with Gasteiger partial charge in [-0.15, -0.1) is 0 Å². The Balaban J connectivity index is 2.88. The highest BCUT2D eigenvalue weighted by Gasteiger charge is 2.18. The maximum atomic E-state index is 13.6. The lowest BCUT2D eigenvalue weighted by Gasteiger charge is -2.16. The Morgan fingerprint density at radius 3 is 2.42 bits per heavy atom. The zero-order chi connectivity index (χ0) is 14.6. The molecule has 0 spiro atoms. The first kappa shape index (κ1) is 15.1. The van der Waals surface area contributed by atoms with Gasteiger partial charge in [0.15, 0.2) is 0 Å². The molecule has 6 heteroatoms. The number of anilines is 2. The maximum Gasteiger partial charge on any atom is 0.241 e. The molecule has 0 saturated heterocycles. The molecule has 1 atom stereocenters. The number of amides is 2. The molecule has 0 aliphatic rings. The van der Waals surface area contributed by atoms with Crippen LogP contribution in [0, 0.1) is 11.7 Å². The molecule has 0 radical (unpaired) electrons. The summed E-state index contributed by atoms with van der Waals surface area (Å²) in [5.74, 6) is -1.38. The van der Waals surface area contributed by atoms with E-state index in [-0.39, 0.29) is 17.5 Å². The molecule has 0 saturated carbocycles. The molecular formula is C13H18FN3O2. The molecule has 0 bridgehead atoms. The minimum absolute atomic E-state index is 0.00708. The van der Waals surface area contributed by atoms with Crippen LogP contribution in [0.4, 0.5) is 15.8 Å². The topological polar surface area (TPSA) is 84.2 Å². The third-order valence-corrected chi connectivity index (χ3v) is 2.57. The lowest BCUT2D eigenvalue weighted by atomic mass is 10.0. The molecule has 1 rings (SSSR count). The van der Waals surface area contributed by atoms with Crippen molar-refractivity contribution in [3.8, 4) is 0 Å². The summed E-state index contributed by atoms with van der Waals surface area (Å²) in [6.07, 6.45) is 0.